The zero-order valence-corrected chi connectivity index (χ0v) is 11.9. The Balaban J connectivity index is 2.08. The van der Waals surface area contributed by atoms with E-state index in [4.69, 9.17) is 10.5 Å². The molecule has 0 aromatic carbocycles. The Bertz CT molecular complexity index is 423. The summed E-state index contributed by atoms with van der Waals surface area (Å²) in [4.78, 5) is 12.4. The minimum Gasteiger partial charge on any atom is -0.461 e. The van der Waals surface area contributed by atoms with Gasteiger partial charge in [0.05, 0.1) is 6.10 Å². The Labute approximate surface area is 114 Å². The molecule has 1 aliphatic carbocycles. The second-order valence-electron chi connectivity index (χ2n) is 5.48. The third-order valence-electron chi connectivity index (χ3n) is 3.40. The summed E-state index contributed by atoms with van der Waals surface area (Å²) in [5.74, 6) is 1.33. The lowest BCUT2D eigenvalue weighted by Crippen LogP contribution is -2.31. The predicted octanol–water partition coefficient (Wildman–Crippen LogP) is 2.23. The standard InChI is InChI=1S/C13H23N5O/c1-8(2)19-13-17-11(14)16-12(18-13)15-10-7-5-4-6-9(10)3/h8-10H,4-7H2,1-3H3,(H3,14,15,16,17,18). The number of hydrogen-bond acceptors (Lipinski definition) is 6. The molecule has 1 aliphatic rings. The quantitative estimate of drug-likeness (QED) is 0.868. The summed E-state index contributed by atoms with van der Waals surface area (Å²) >= 11 is 0. The second kappa shape index (κ2) is 6.04. The van der Waals surface area contributed by atoms with Crippen molar-refractivity contribution in [1.82, 2.24) is 15.0 Å². The largest absolute Gasteiger partial charge is 0.461 e. The average molecular weight is 265 g/mol. The molecule has 6 heteroatoms. The number of nitrogens with zero attached hydrogens (tertiary/aromatic N) is 3. The SMILES string of the molecule is CC(C)Oc1nc(N)nc(NC2CCCCC2C)n1. The van der Waals surface area contributed by atoms with Gasteiger partial charge in [0.1, 0.15) is 0 Å². The predicted molar refractivity (Wildman–Crippen MR) is 75.0 cm³/mol. The molecule has 1 heterocycles. The first-order valence-corrected chi connectivity index (χ1v) is 6.99. The van der Waals surface area contributed by atoms with E-state index < -0.39 is 0 Å². The van der Waals surface area contributed by atoms with E-state index in [1.165, 1.54) is 19.3 Å². The van der Waals surface area contributed by atoms with Crippen molar-refractivity contribution >= 4 is 11.9 Å². The van der Waals surface area contributed by atoms with Crippen LogP contribution in [0.2, 0.25) is 0 Å². The fraction of sp³-hybridized carbons (Fsp3) is 0.769. The minimum atomic E-state index is 0.0169. The minimum absolute atomic E-state index is 0.0169. The maximum Gasteiger partial charge on any atom is 0.323 e. The molecule has 2 unspecified atom stereocenters. The van der Waals surface area contributed by atoms with Crippen molar-refractivity contribution in [2.75, 3.05) is 11.1 Å². The second-order valence-corrected chi connectivity index (χ2v) is 5.48. The van der Waals surface area contributed by atoms with Gasteiger partial charge in [0, 0.05) is 6.04 Å². The number of nitrogens with two attached hydrogens (primary N) is 1. The van der Waals surface area contributed by atoms with Gasteiger partial charge in [-0.1, -0.05) is 19.8 Å². The summed E-state index contributed by atoms with van der Waals surface area (Å²) in [6.45, 7) is 6.11. The Hall–Kier alpha value is -1.59. The number of nitrogen functional groups attached to an aromatic ring is 1. The lowest BCUT2D eigenvalue weighted by molar-refractivity contribution is 0.222. The highest BCUT2D eigenvalue weighted by atomic mass is 16.5. The van der Waals surface area contributed by atoms with E-state index in [9.17, 15) is 0 Å². The van der Waals surface area contributed by atoms with Gasteiger partial charge >= 0.3 is 6.01 Å². The van der Waals surface area contributed by atoms with Crippen LogP contribution in [-0.2, 0) is 0 Å². The van der Waals surface area contributed by atoms with Gasteiger partial charge in [-0.3, -0.25) is 0 Å². The molecule has 0 saturated heterocycles. The molecule has 0 aliphatic heterocycles. The molecule has 1 fully saturated rings. The molecule has 3 N–H and O–H groups in total. The number of ether oxygens (including phenoxy) is 1. The number of hydrogen-bond donors (Lipinski definition) is 2. The molecule has 0 radical (unpaired) electrons. The molecular weight excluding hydrogens is 242 g/mol. The fourth-order valence-electron chi connectivity index (χ4n) is 2.40. The molecule has 2 rings (SSSR count). The molecule has 1 aromatic rings. The first kappa shape index (κ1) is 13.8. The van der Waals surface area contributed by atoms with E-state index in [0.717, 1.165) is 6.42 Å². The lowest BCUT2D eigenvalue weighted by atomic mass is 9.86. The molecular formula is C13H23N5O. The van der Waals surface area contributed by atoms with Crippen LogP contribution >= 0.6 is 0 Å². The Morgan fingerprint density at radius 1 is 1.21 bits per heavy atom. The van der Waals surface area contributed by atoms with E-state index in [1.807, 2.05) is 13.8 Å². The number of anilines is 2. The highest BCUT2D eigenvalue weighted by Crippen LogP contribution is 2.26. The van der Waals surface area contributed by atoms with Crippen molar-refractivity contribution in [3.05, 3.63) is 0 Å². The van der Waals surface area contributed by atoms with Gasteiger partial charge in [0.2, 0.25) is 11.9 Å². The van der Waals surface area contributed by atoms with Crippen molar-refractivity contribution in [3.8, 4) is 6.01 Å². The number of rotatable bonds is 4. The summed E-state index contributed by atoms with van der Waals surface area (Å²) in [5.41, 5.74) is 5.69. The Kier molecular flexibility index (Phi) is 4.39. The van der Waals surface area contributed by atoms with Gasteiger partial charge in [-0.2, -0.15) is 15.0 Å². The normalized spacial score (nSPS) is 23.4. The summed E-state index contributed by atoms with van der Waals surface area (Å²) in [5, 5.41) is 3.36. The molecule has 19 heavy (non-hydrogen) atoms. The van der Waals surface area contributed by atoms with E-state index in [0.29, 0.717) is 17.9 Å². The molecule has 6 nitrogen and oxygen atoms in total. The Morgan fingerprint density at radius 2 is 1.95 bits per heavy atom. The van der Waals surface area contributed by atoms with Crippen LogP contribution < -0.4 is 15.8 Å². The van der Waals surface area contributed by atoms with E-state index in [-0.39, 0.29) is 18.1 Å². The van der Waals surface area contributed by atoms with Crippen molar-refractivity contribution in [3.63, 3.8) is 0 Å². The van der Waals surface area contributed by atoms with Crippen LogP contribution in [0.1, 0.15) is 46.5 Å². The van der Waals surface area contributed by atoms with Crippen LogP contribution in [0.4, 0.5) is 11.9 Å². The van der Waals surface area contributed by atoms with Crippen molar-refractivity contribution < 1.29 is 4.74 Å². The maximum absolute atomic E-state index is 5.69. The highest BCUT2D eigenvalue weighted by molar-refractivity contribution is 5.33. The van der Waals surface area contributed by atoms with Crippen LogP contribution in [0.5, 0.6) is 6.01 Å². The van der Waals surface area contributed by atoms with Gasteiger partial charge in [0.15, 0.2) is 0 Å². The van der Waals surface area contributed by atoms with Crippen molar-refractivity contribution in [1.29, 1.82) is 0 Å². The average Bonchev–Trinajstić information content (AvgIpc) is 2.30. The summed E-state index contributed by atoms with van der Waals surface area (Å²) < 4.78 is 5.47. The first-order chi connectivity index (χ1) is 9.04. The third-order valence-corrected chi connectivity index (χ3v) is 3.40. The van der Waals surface area contributed by atoms with Crippen molar-refractivity contribution in [2.45, 2.75) is 58.6 Å². The summed E-state index contributed by atoms with van der Waals surface area (Å²) in [7, 11) is 0. The van der Waals surface area contributed by atoms with E-state index in [1.54, 1.807) is 0 Å². The third kappa shape index (κ3) is 3.94. The number of nitrogens with one attached hydrogen (secondary N) is 1. The smallest absolute Gasteiger partial charge is 0.323 e. The van der Waals surface area contributed by atoms with Crippen LogP contribution in [0.25, 0.3) is 0 Å². The summed E-state index contributed by atoms with van der Waals surface area (Å²) in [6, 6.07) is 0.691. The molecule has 0 spiro atoms. The lowest BCUT2D eigenvalue weighted by Gasteiger charge is -2.29. The Morgan fingerprint density at radius 3 is 2.63 bits per heavy atom. The maximum atomic E-state index is 5.69. The number of aromatic nitrogens is 3. The van der Waals surface area contributed by atoms with Gasteiger partial charge in [-0.15, -0.1) is 0 Å². The molecule has 1 saturated carbocycles. The zero-order chi connectivity index (χ0) is 13.8. The molecule has 2 atom stereocenters. The highest BCUT2D eigenvalue weighted by Gasteiger charge is 2.22. The fourth-order valence-corrected chi connectivity index (χ4v) is 2.40. The first-order valence-electron chi connectivity index (χ1n) is 6.99. The van der Waals surface area contributed by atoms with Gasteiger partial charge in [-0.05, 0) is 32.6 Å². The molecule has 106 valence electrons. The topological polar surface area (TPSA) is 86.0 Å². The van der Waals surface area contributed by atoms with E-state index >= 15 is 0 Å². The van der Waals surface area contributed by atoms with Crippen LogP contribution in [0.15, 0.2) is 0 Å². The monoisotopic (exact) mass is 265 g/mol. The van der Waals surface area contributed by atoms with Gasteiger partial charge < -0.3 is 15.8 Å². The van der Waals surface area contributed by atoms with Crippen LogP contribution in [0.3, 0.4) is 0 Å². The summed E-state index contributed by atoms with van der Waals surface area (Å²) in [6.07, 6.45) is 4.96. The van der Waals surface area contributed by atoms with E-state index in [2.05, 4.69) is 27.2 Å². The molecule has 1 aromatic heterocycles. The van der Waals surface area contributed by atoms with Gasteiger partial charge in [0.25, 0.3) is 0 Å². The molecule has 0 amide bonds. The van der Waals surface area contributed by atoms with Crippen LogP contribution in [-0.4, -0.2) is 27.1 Å². The zero-order valence-electron chi connectivity index (χ0n) is 11.9. The van der Waals surface area contributed by atoms with Crippen molar-refractivity contribution in [2.24, 2.45) is 5.92 Å². The van der Waals surface area contributed by atoms with Gasteiger partial charge in [-0.25, -0.2) is 0 Å². The molecule has 0 bridgehead atoms. The van der Waals surface area contributed by atoms with Crippen LogP contribution in [0, 0.1) is 5.92 Å².